The van der Waals surface area contributed by atoms with Crippen molar-refractivity contribution >= 4 is 27.8 Å². The Labute approximate surface area is 248 Å². The Morgan fingerprint density at radius 3 is 2.51 bits per heavy atom. The fourth-order valence-corrected chi connectivity index (χ4v) is 5.17. The van der Waals surface area contributed by atoms with Crippen LogP contribution in [-0.4, -0.2) is 61.3 Å². The van der Waals surface area contributed by atoms with Crippen molar-refractivity contribution < 1.29 is 37.4 Å². The molecule has 0 saturated carbocycles. The lowest BCUT2D eigenvalue weighted by molar-refractivity contribution is -0.119. The van der Waals surface area contributed by atoms with Gasteiger partial charge < -0.3 is 19.9 Å². The van der Waals surface area contributed by atoms with Gasteiger partial charge in [0.2, 0.25) is 5.91 Å². The van der Waals surface area contributed by atoms with Gasteiger partial charge in [-0.15, -0.1) is 0 Å². The third kappa shape index (κ3) is 8.66. The molecule has 0 saturated heterocycles. The number of carboxylic acid groups (broad SMARTS) is 1. The number of amides is 2. The van der Waals surface area contributed by atoms with Crippen LogP contribution in [0.25, 0.3) is 0 Å². The van der Waals surface area contributed by atoms with E-state index in [1.54, 1.807) is 47.3 Å². The second-order valence-electron chi connectivity index (χ2n) is 9.34. The van der Waals surface area contributed by atoms with Crippen molar-refractivity contribution in [3.8, 4) is 11.5 Å². The monoisotopic (exact) mass is 606 g/mol. The third-order valence-electron chi connectivity index (χ3n) is 6.27. The van der Waals surface area contributed by atoms with E-state index in [1.165, 1.54) is 25.3 Å². The molecule has 0 radical (unpaired) electrons. The number of nitrogens with one attached hydrogen (secondary N) is 2. The summed E-state index contributed by atoms with van der Waals surface area (Å²) in [5.41, 5.74) is 1.76. The number of carboxylic acids is 1. The van der Waals surface area contributed by atoms with Gasteiger partial charge >= 0.3 is 5.97 Å². The first-order valence-electron chi connectivity index (χ1n) is 13.2. The smallest absolute Gasteiger partial charge is 0.335 e. The number of carbonyl (C=O) groups is 3. The Morgan fingerprint density at radius 1 is 0.977 bits per heavy atom. The molecule has 224 valence electrons. The molecule has 3 aromatic carbocycles. The predicted molar refractivity (Wildman–Crippen MR) is 156 cm³/mol. The van der Waals surface area contributed by atoms with Crippen LogP contribution in [0.1, 0.15) is 38.3 Å². The quantitative estimate of drug-likeness (QED) is 0.183. The standard InChI is InChI=1S/C30H30N4O8S/c1-41-25-7-2-5-23(18-25)29(36)31-14-16-42-27-17-21(20-34-15-4-13-32-34)9-10-22(27)11-12-28(35)33-43(39,40)26-8-3-6-24(19-26)30(37)38/h2-10,13,15,17-19H,11-12,14,16,20H2,1H3,(H,31,36)(H,33,35)(H,37,38). The molecule has 3 N–H and O–H groups in total. The first-order chi connectivity index (χ1) is 20.6. The van der Waals surface area contributed by atoms with E-state index in [9.17, 15) is 22.8 Å². The zero-order valence-corrected chi connectivity index (χ0v) is 24.0. The zero-order chi connectivity index (χ0) is 30.8. The van der Waals surface area contributed by atoms with E-state index >= 15 is 0 Å². The van der Waals surface area contributed by atoms with E-state index in [-0.39, 0.29) is 42.4 Å². The number of nitrogens with zero attached hydrogens (tertiary/aromatic N) is 2. The fraction of sp³-hybridized carbons (Fsp3) is 0.200. The molecule has 0 spiro atoms. The van der Waals surface area contributed by atoms with Gasteiger partial charge in [-0.1, -0.05) is 24.3 Å². The average Bonchev–Trinajstić information content (AvgIpc) is 3.51. The summed E-state index contributed by atoms with van der Waals surface area (Å²) in [6, 6.07) is 18.8. The minimum Gasteiger partial charge on any atom is -0.497 e. The first kappa shape index (κ1) is 30.8. The van der Waals surface area contributed by atoms with Crippen LogP contribution in [-0.2, 0) is 27.8 Å². The summed E-state index contributed by atoms with van der Waals surface area (Å²) in [5.74, 6) is -1.30. The predicted octanol–water partition coefficient (Wildman–Crippen LogP) is 2.88. The van der Waals surface area contributed by atoms with E-state index in [0.29, 0.717) is 29.2 Å². The average molecular weight is 607 g/mol. The molecular formula is C30H30N4O8S. The lowest BCUT2D eigenvalue weighted by atomic mass is 10.1. The second-order valence-corrected chi connectivity index (χ2v) is 11.0. The molecule has 0 unspecified atom stereocenters. The maximum atomic E-state index is 12.7. The number of hydrogen-bond acceptors (Lipinski definition) is 8. The van der Waals surface area contributed by atoms with Crippen LogP contribution in [0, 0.1) is 0 Å². The lowest BCUT2D eigenvalue weighted by Crippen LogP contribution is -2.31. The summed E-state index contributed by atoms with van der Waals surface area (Å²) in [4.78, 5) is 36.0. The number of rotatable bonds is 14. The zero-order valence-electron chi connectivity index (χ0n) is 23.2. The molecule has 12 nitrogen and oxygen atoms in total. The molecule has 13 heteroatoms. The number of ether oxygens (including phenoxy) is 2. The Bertz CT molecular complexity index is 1700. The van der Waals surface area contributed by atoms with Gasteiger partial charge in [0, 0.05) is 24.4 Å². The Kier molecular flexibility index (Phi) is 10.1. The number of aromatic nitrogens is 2. The molecule has 0 atom stereocenters. The molecule has 1 aromatic heterocycles. The molecule has 4 rings (SSSR count). The number of hydrogen-bond donors (Lipinski definition) is 3. The third-order valence-corrected chi connectivity index (χ3v) is 7.64. The van der Waals surface area contributed by atoms with Gasteiger partial charge in [0.05, 0.1) is 30.7 Å². The molecule has 0 aliphatic carbocycles. The van der Waals surface area contributed by atoms with E-state index in [4.69, 9.17) is 14.6 Å². The largest absolute Gasteiger partial charge is 0.497 e. The van der Waals surface area contributed by atoms with Crippen LogP contribution < -0.4 is 19.5 Å². The minimum absolute atomic E-state index is 0.133. The summed E-state index contributed by atoms with van der Waals surface area (Å²) < 4.78 is 40.2. The molecular weight excluding hydrogens is 576 g/mol. The van der Waals surface area contributed by atoms with E-state index < -0.39 is 21.9 Å². The molecule has 0 fully saturated rings. The maximum Gasteiger partial charge on any atom is 0.335 e. The van der Waals surface area contributed by atoms with Crippen LogP contribution in [0.2, 0.25) is 0 Å². The van der Waals surface area contributed by atoms with Crippen molar-refractivity contribution in [1.82, 2.24) is 19.8 Å². The van der Waals surface area contributed by atoms with Gasteiger partial charge in [0.15, 0.2) is 0 Å². The Hall–Kier alpha value is -5.17. The molecule has 2 amide bonds. The molecule has 1 heterocycles. The summed E-state index contributed by atoms with van der Waals surface area (Å²) in [6.07, 6.45) is 3.46. The van der Waals surface area contributed by atoms with Crippen molar-refractivity contribution in [2.24, 2.45) is 0 Å². The highest BCUT2D eigenvalue weighted by molar-refractivity contribution is 7.90. The minimum atomic E-state index is -4.27. The van der Waals surface area contributed by atoms with Crippen LogP contribution >= 0.6 is 0 Å². The fourth-order valence-electron chi connectivity index (χ4n) is 4.12. The highest BCUT2D eigenvalue weighted by atomic mass is 32.2. The summed E-state index contributed by atoms with van der Waals surface area (Å²) in [5, 5.41) is 16.1. The van der Waals surface area contributed by atoms with Crippen molar-refractivity contribution in [1.29, 1.82) is 0 Å². The maximum absolute atomic E-state index is 12.7. The van der Waals surface area contributed by atoms with Gasteiger partial charge in [0.1, 0.15) is 18.1 Å². The van der Waals surface area contributed by atoms with E-state index in [1.807, 2.05) is 23.1 Å². The molecule has 0 aliphatic rings. The van der Waals surface area contributed by atoms with Crippen molar-refractivity contribution in [3.63, 3.8) is 0 Å². The molecule has 4 aromatic rings. The van der Waals surface area contributed by atoms with Gasteiger partial charge in [-0.2, -0.15) is 5.10 Å². The number of methoxy groups -OCH3 is 1. The molecule has 0 aliphatic heterocycles. The van der Waals surface area contributed by atoms with Crippen LogP contribution in [0.5, 0.6) is 11.5 Å². The van der Waals surface area contributed by atoms with Crippen LogP contribution in [0.4, 0.5) is 0 Å². The molecule has 0 bridgehead atoms. The highest BCUT2D eigenvalue weighted by Crippen LogP contribution is 2.23. The van der Waals surface area contributed by atoms with Gasteiger partial charge in [-0.3, -0.25) is 14.3 Å². The Morgan fingerprint density at radius 2 is 1.77 bits per heavy atom. The summed E-state index contributed by atoms with van der Waals surface area (Å²) in [6.45, 7) is 0.811. The van der Waals surface area contributed by atoms with Gasteiger partial charge in [0.25, 0.3) is 15.9 Å². The summed E-state index contributed by atoms with van der Waals surface area (Å²) in [7, 11) is -2.75. The number of carbonyl (C=O) groups excluding carboxylic acids is 2. The van der Waals surface area contributed by atoms with E-state index in [2.05, 4.69) is 10.4 Å². The van der Waals surface area contributed by atoms with E-state index in [0.717, 1.165) is 11.6 Å². The Balaban J connectivity index is 1.40. The first-order valence-corrected chi connectivity index (χ1v) is 14.7. The van der Waals surface area contributed by atoms with Crippen molar-refractivity contribution in [2.45, 2.75) is 24.3 Å². The van der Waals surface area contributed by atoms with Gasteiger partial charge in [-0.25, -0.2) is 17.9 Å². The number of sulfonamides is 1. The van der Waals surface area contributed by atoms with Gasteiger partial charge in [-0.05, 0) is 66.1 Å². The molecule has 43 heavy (non-hydrogen) atoms. The normalized spacial score (nSPS) is 11.0. The number of aromatic carboxylic acids is 1. The van der Waals surface area contributed by atoms with Crippen molar-refractivity contribution in [2.75, 3.05) is 20.3 Å². The highest BCUT2D eigenvalue weighted by Gasteiger charge is 2.20. The topological polar surface area (TPSA) is 166 Å². The van der Waals surface area contributed by atoms with Crippen LogP contribution in [0.3, 0.4) is 0 Å². The van der Waals surface area contributed by atoms with Crippen molar-refractivity contribution in [3.05, 3.63) is 107 Å². The SMILES string of the molecule is COc1cccc(C(=O)NCCOc2cc(Cn3cccn3)ccc2CCC(=O)NS(=O)(=O)c2cccc(C(=O)O)c2)c1. The van der Waals surface area contributed by atoms with Crippen LogP contribution in [0.15, 0.2) is 90.1 Å². The number of benzene rings is 3. The lowest BCUT2D eigenvalue weighted by Gasteiger charge is -2.14. The summed E-state index contributed by atoms with van der Waals surface area (Å²) >= 11 is 0. The second kappa shape index (κ2) is 14.1. The number of aryl methyl sites for hydroxylation is 1.